The summed E-state index contributed by atoms with van der Waals surface area (Å²) < 4.78 is 6.45. The van der Waals surface area contributed by atoms with Gasteiger partial charge in [0.15, 0.2) is 0 Å². The third-order valence-corrected chi connectivity index (χ3v) is 6.10. The van der Waals surface area contributed by atoms with E-state index in [0.29, 0.717) is 0 Å². The maximum Gasteiger partial charge on any atom is 0.362 e. The van der Waals surface area contributed by atoms with Crippen molar-refractivity contribution in [3.8, 4) is 0 Å². The van der Waals surface area contributed by atoms with Crippen molar-refractivity contribution in [3.63, 3.8) is 0 Å². The average Bonchev–Trinajstić information content (AvgIpc) is 2.77. The Morgan fingerprint density at radius 1 is 0.357 bits per heavy atom. The standard InChI is InChI=1S/C27H15O/c1-2-8-18-16(6-1)12-14-22-25(18)26-21-10-4-3-9-19(21)20-11-5-7-17-13-15-23(28-22)27(26)24(17)20/h1-15H/q+1. The maximum absolute atomic E-state index is 6.45. The molecule has 1 aromatic heterocycles. The fourth-order valence-electron chi connectivity index (χ4n) is 4.96. The summed E-state index contributed by atoms with van der Waals surface area (Å²) in [6.45, 7) is 0. The van der Waals surface area contributed by atoms with E-state index in [1.807, 2.05) is 0 Å². The summed E-state index contributed by atoms with van der Waals surface area (Å²) in [6.07, 6.45) is 0. The van der Waals surface area contributed by atoms with Crippen LogP contribution in [0, 0.1) is 0 Å². The highest BCUT2D eigenvalue weighted by Crippen LogP contribution is 2.45. The highest BCUT2D eigenvalue weighted by Gasteiger charge is 2.24. The Morgan fingerprint density at radius 2 is 0.964 bits per heavy atom. The minimum Gasteiger partial charge on any atom is -0.207 e. The molecule has 1 heterocycles. The van der Waals surface area contributed by atoms with Gasteiger partial charge < -0.3 is 0 Å². The molecule has 6 aromatic carbocycles. The van der Waals surface area contributed by atoms with Crippen molar-refractivity contribution in [2.75, 3.05) is 0 Å². The van der Waals surface area contributed by atoms with E-state index in [-0.39, 0.29) is 0 Å². The third-order valence-electron chi connectivity index (χ3n) is 6.10. The zero-order chi connectivity index (χ0) is 18.2. The molecular formula is C27H15O+. The van der Waals surface area contributed by atoms with Crippen LogP contribution in [0.3, 0.4) is 0 Å². The van der Waals surface area contributed by atoms with Crippen LogP contribution in [-0.2, 0) is 0 Å². The van der Waals surface area contributed by atoms with Crippen LogP contribution in [0.25, 0.3) is 65.0 Å². The van der Waals surface area contributed by atoms with Gasteiger partial charge in [0.1, 0.15) is 0 Å². The van der Waals surface area contributed by atoms with Crippen LogP contribution in [0.5, 0.6) is 0 Å². The molecule has 0 bridgehead atoms. The Labute approximate surface area is 160 Å². The van der Waals surface area contributed by atoms with Gasteiger partial charge in [0.2, 0.25) is 0 Å². The molecule has 0 atom stereocenters. The zero-order valence-electron chi connectivity index (χ0n) is 15.1. The van der Waals surface area contributed by atoms with Crippen LogP contribution in [0.1, 0.15) is 0 Å². The molecule has 0 amide bonds. The third kappa shape index (κ3) is 1.65. The van der Waals surface area contributed by atoms with Crippen LogP contribution in [-0.4, -0.2) is 0 Å². The van der Waals surface area contributed by atoms with E-state index < -0.39 is 0 Å². The van der Waals surface area contributed by atoms with Gasteiger partial charge in [-0.15, -0.1) is 0 Å². The molecule has 1 heteroatoms. The molecule has 0 aliphatic carbocycles. The first-order valence-electron chi connectivity index (χ1n) is 9.63. The van der Waals surface area contributed by atoms with Crippen LogP contribution >= 0.6 is 0 Å². The smallest absolute Gasteiger partial charge is 0.207 e. The van der Waals surface area contributed by atoms with E-state index in [4.69, 9.17) is 4.42 Å². The van der Waals surface area contributed by atoms with Gasteiger partial charge in [-0.1, -0.05) is 66.7 Å². The van der Waals surface area contributed by atoms with E-state index in [1.54, 1.807) is 0 Å². The number of hydrogen-bond donors (Lipinski definition) is 0. The molecular weight excluding hydrogens is 340 g/mol. The van der Waals surface area contributed by atoms with Gasteiger partial charge in [0.25, 0.3) is 0 Å². The van der Waals surface area contributed by atoms with E-state index in [1.165, 1.54) is 53.9 Å². The van der Waals surface area contributed by atoms with Crippen molar-refractivity contribution >= 4 is 65.0 Å². The lowest BCUT2D eigenvalue weighted by Crippen LogP contribution is -1.89. The van der Waals surface area contributed by atoms with Crippen molar-refractivity contribution in [2.24, 2.45) is 0 Å². The summed E-state index contributed by atoms with van der Waals surface area (Å²) >= 11 is 0. The van der Waals surface area contributed by atoms with Crippen LogP contribution in [0.2, 0.25) is 0 Å². The van der Waals surface area contributed by atoms with Gasteiger partial charge in [-0.2, -0.15) is 0 Å². The van der Waals surface area contributed by atoms with Gasteiger partial charge in [-0.3, -0.25) is 0 Å². The number of benzene rings is 6. The summed E-state index contributed by atoms with van der Waals surface area (Å²) in [5, 5.41) is 12.7. The molecule has 28 heavy (non-hydrogen) atoms. The molecule has 1 nitrogen and oxygen atoms in total. The molecule has 0 N–H and O–H groups in total. The number of fused-ring (bicyclic) bond motifs is 7. The fraction of sp³-hybridized carbons (Fsp3) is 0. The molecule has 0 saturated heterocycles. The van der Waals surface area contributed by atoms with Crippen molar-refractivity contribution < 1.29 is 4.42 Å². The molecule has 0 saturated carbocycles. The second-order valence-corrected chi connectivity index (χ2v) is 7.52. The second-order valence-electron chi connectivity index (χ2n) is 7.52. The van der Waals surface area contributed by atoms with Crippen molar-refractivity contribution in [1.82, 2.24) is 0 Å². The minimum atomic E-state index is 0.940. The number of rotatable bonds is 0. The van der Waals surface area contributed by atoms with E-state index in [9.17, 15) is 0 Å². The van der Waals surface area contributed by atoms with E-state index in [0.717, 1.165) is 11.2 Å². The van der Waals surface area contributed by atoms with Gasteiger partial charge in [-0.05, 0) is 44.5 Å². The summed E-state index contributed by atoms with van der Waals surface area (Å²) in [4.78, 5) is 0. The first kappa shape index (κ1) is 14.4. The predicted molar refractivity (Wildman–Crippen MR) is 119 cm³/mol. The lowest BCUT2D eigenvalue weighted by molar-refractivity contribution is 0.662. The highest BCUT2D eigenvalue weighted by atomic mass is 16.3. The van der Waals surface area contributed by atoms with Crippen molar-refractivity contribution in [3.05, 3.63) is 91.0 Å². The van der Waals surface area contributed by atoms with Gasteiger partial charge in [-0.25, -0.2) is 4.42 Å². The zero-order valence-corrected chi connectivity index (χ0v) is 15.1. The Morgan fingerprint density at radius 3 is 1.86 bits per heavy atom. The average molecular weight is 355 g/mol. The lowest BCUT2D eigenvalue weighted by atomic mass is 9.89. The molecule has 0 spiro atoms. The molecule has 7 rings (SSSR count). The number of hydrogen-bond acceptors (Lipinski definition) is 0. The summed E-state index contributed by atoms with van der Waals surface area (Å²) in [5.41, 5.74) is 1.89. The topological polar surface area (TPSA) is 11.3 Å². The molecule has 0 fully saturated rings. The first-order chi connectivity index (χ1) is 13.9. The monoisotopic (exact) mass is 355 g/mol. The molecule has 0 radical (unpaired) electrons. The van der Waals surface area contributed by atoms with Crippen LogP contribution < -0.4 is 0 Å². The summed E-state index contributed by atoms with van der Waals surface area (Å²) in [7, 11) is 0. The SMILES string of the molecule is c1ccc2c(c1)ccc1[o+]c3ccc4cccc5c6ccccc6c(c12)c3c45. The molecule has 0 aliphatic heterocycles. The first-order valence-corrected chi connectivity index (χ1v) is 9.63. The van der Waals surface area contributed by atoms with Crippen molar-refractivity contribution in [2.45, 2.75) is 0 Å². The van der Waals surface area contributed by atoms with Crippen LogP contribution in [0.15, 0.2) is 95.4 Å². The van der Waals surface area contributed by atoms with Crippen LogP contribution in [0.4, 0.5) is 0 Å². The van der Waals surface area contributed by atoms with Gasteiger partial charge in [0, 0.05) is 22.9 Å². The Hall–Kier alpha value is -3.71. The second kappa shape index (κ2) is 4.96. The molecule has 128 valence electrons. The van der Waals surface area contributed by atoms with Gasteiger partial charge in [0.05, 0.1) is 10.8 Å². The summed E-state index contributed by atoms with van der Waals surface area (Å²) in [6, 6.07) is 32.5. The molecule has 7 aromatic rings. The normalized spacial score (nSPS) is 12.3. The maximum atomic E-state index is 6.45. The summed E-state index contributed by atoms with van der Waals surface area (Å²) in [5.74, 6) is 0. The minimum absolute atomic E-state index is 0.940. The molecule has 0 aliphatic rings. The largest absolute Gasteiger partial charge is 0.362 e. The Kier molecular flexibility index (Phi) is 2.54. The quantitative estimate of drug-likeness (QED) is 0.153. The Balaban J connectivity index is 1.98. The highest BCUT2D eigenvalue weighted by molar-refractivity contribution is 6.39. The van der Waals surface area contributed by atoms with E-state index >= 15 is 0 Å². The van der Waals surface area contributed by atoms with E-state index in [2.05, 4.69) is 91.0 Å². The van der Waals surface area contributed by atoms with Gasteiger partial charge >= 0.3 is 11.2 Å². The Bertz CT molecular complexity index is 1680. The molecule has 0 unspecified atom stereocenters. The fourth-order valence-corrected chi connectivity index (χ4v) is 4.96. The van der Waals surface area contributed by atoms with Crippen molar-refractivity contribution in [1.29, 1.82) is 0 Å². The lowest BCUT2D eigenvalue weighted by Gasteiger charge is -2.12. The predicted octanol–water partition coefficient (Wildman–Crippen LogP) is 7.92.